The quantitative estimate of drug-likeness (QED) is 0.706. The molecule has 0 aromatic rings. The molecule has 1 N–H and O–H groups in total. The van der Waals surface area contributed by atoms with Crippen LogP contribution in [0.3, 0.4) is 0 Å². The highest BCUT2D eigenvalue weighted by Crippen LogP contribution is 2.17. The van der Waals surface area contributed by atoms with Crippen molar-refractivity contribution in [1.29, 1.82) is 0 Å². The van der Waals surface area contributed by atoms with Gasteiger partial charge in [-0.05, 0) is 33.2 Å². The lowest BCUT2D eigenvalue weighted by Crippen LogP contribution is -2.40. The average molecular weight is 231 g/mol. The van der Waals surface area contributed by atoms with Gasteiger partial charge in [-0.15, -0.1) is 0 Å². The molecule has 0 spiro atoms. The number of ether oxygens (including phenoxy) is 2. The van der Waals surface area contributed by atoms with Gasteiger partial charge in [-0.3, -0.25) is 4.90 Å². The Labute approximate surface area is 98.5 Å². The second-order valence-electron chi connectivity index (χ2n) is 4.78. The Morgan fingerprint density at radius 3 is 2.81 bits per heavy atom. The van der Waals surface area contributed by atoms with E-state index in [0.29, 0.717) is 19.2 Å². The summed E-state index contributed by atoms with van der Waals surface area (Å²) in [6, 6.07) is 0.471. The van der Waals surface area contributed by atoms with E-state index in [1.54, 1.807) is 7.11 Å². The lowest BCUT2D eigenvalue weighted by molar-refractivity contribution is -0.0141. The van der Waals surface area contributed by atoms with Gasteiger partial charge in [0.15, 0.2) is 0 Å². The molecular formula is C12H25NO3. The molecular weight excluding hydrogens is 206 g/mol. The number of likely N-dealkylation sites (tertiary alicyclic amines) is 1. The van der Waals surface area contributed by atoms with Crippen LogP contribution in [-0.4, -0.2) is 61.7 Å². The standard InChI is InChI=1S/C12H25NO3/c1-10(2)16-9-12(14)7-13-6-4-5-11(13)8-15-3/h10-12,14H,4-9H2,1-3H3. The number of nitrogens with zero attached hydrogens (tertiary/aromatic N) is 1. The molecule has 1 saturated heterocycles. The maximum Gasteiger partial charge on any atom is 0.0900 e. The fourth-order valence-corrected chi connectivity index (χ4v) is 2.14. The van der Waals surface area contributed by atoms with Crippen LogP contribution < -0.4 is 0 Å². The van der Waals surface area contributed by atoms with Crippen molar-refractivity contribution in [2.75, 3.05) is 33.4 Å². The van der Waals surface area contributed by atoms with Crippen molar-refractivity contribution in [2.45, 2.75) is 44.9 Å². The Balaban J connectivity index is 2.23. The lowest BCUT2D eigenvalue weighted by atomic mass is 10.2. The highest BCUT2D eigenvalue weighted by Gasteiger charge is 2.26. The van der Waals surface area contributed by atoms with Gasteiger partial charge in [0.2, 0.25) is 0 Å². The Morgan fingerprint density at radius 1 is 1.44 bits per heavy atom. The van der Waals surface area contributed by atoms with Gasteiger partial charge in [0.05, 0.1) is 25.4 Å². The molecule has 1 heterocycles. The van der Waals surface area contributed by atoms with Crippen LogP contribution in [0.25, 0.3) is 0 Å². The zero-order valence-electron chi connectivity index (χ0n) is 10.7. The van der Waals surface area contributed by atoms with Crippen molar-refractivity contribution >= 4 is 0 Å². The number of hydrogen-bond donors (Lipinski definition) is 1. The fraction of sp³-hybridized carbons (Fsp3) is 1.00. The molecule has 2 atom stereocenters. The van der Waals surface area contributed by atoms with Crippen molar-refractivity contribution in [1.82, 2.24) is 4.90 Å². The molecule has 0 radical (unpaired) electrons. The Bertz CT molecular complexity index is 187. The number of β-amino-alcohol motifs (C(OH)–C–C–N with tert-alkyl or cyclic N) is 1. The largest absolute Gasteiger partial charge is 0.389 e. The monoisotopic (exact) mass is 231 g/mol. The molecule has 2 unspecified atom stereocenters. The molecule has 4 heteroatoms. The summed E-state index contributed by atoms with van der Waals surface area (Å²) in [7, 11) is 1.73. The molecule has 4 nitrogen and oxygen atoms in total. The topological polar surface area (TPSA) is 41.9 Å². The molecule has 0 aromatic heterocycles. The van der Waals surface area contributed by atoms with Crippen LogP contribution >= 0.6 is 0 Å². The molecule has 0 aliphatic carbocycles. The van der Waals surface area contributed by atoms with Crippen molar-refractivity contribution < 1.29 is 14.6 Å². The minimum Gasteiger partial charge on any atom is -0.389 e. The van der Waals surface area contributed by atoms with Crippen LogP contribution in [0.1, 0.15) is 26.7 Å². The first kappa shape index (κ1) is 13.9. The van der Waals surface area contributed by atoms with Crippen molar-refractivity contribution in [2.24, 2.45) is 0 Å². The lowest BCUT2D eigenvalue weighted by Gasteiger charge is -2.26. The maximum atomic E-state index is 9.84. The van der Waals surface area contributed by atoms with E-state index in [-0.39, 0.29) is 12.2 Å². The number of aliphatic hydroxyl groups is 1. The van der Waals surface area contributed by atoms with Crippen LogP contribution in [-0.2, 0) is 9.47 Å². The number of methoxy groups -OCH3 is 1. The van der Waals surface area contributed by atoms with Crippen molar-refractivity contribution in [3.8, 4) is 0 Å². The van der Waals surface area contributed by atoms with E-state index >= 15 is 0 Å². The van der Waals surface area contributed by atoms with Crippen LogP contribution in [0.2, 0.25) is 0 Å². The van der Waals surface area contributed by atoms with E-state index in [4.69, 9.17) is 9.47 Å². The van der Waals surface area contributed by atoms with Gasteiger partial charge in [-0.25, -0.2) is 0 Å². The molecule has 0 aromatic carbocycles. The van der Waals surface area contributed by atoms with Gasteiger partial charge in [-0.2, -0.15) is 0 Å². The van der Waals surface area contributed by atoms with Gasteiger partial charge >= 0.3 is 0 Å². The highest BCUT2D eigenvalue weighted by atomic mass is 16.5. The van der Waals surface area contributed by atoms with Gasteiger partial charge < -0.3 is 14.6 Å². The Hall–Kier alpha value is -0.160. The summed E-state index contributed by atoms with van der Waals surface area (Å²) in [5, 5.41) is 9.84. The smallest absolute Gasteiger partial charge is 0.0900 e. The molecule has 1 fully saturated rings. The zero-order valence-corrected chi connectivity index (χ0v) is 10.7. The van der Waals surface area contributed by atoms with Crippen LogP contribution in [0.4, 0.5) is 0 Å². The molecule has 0 amide bonds. The predicted octanol–water partition coefficient (Wildman–Crippen LogP) is 0.883. The summed E-state index contributed by atoms with van der Waals surface area (Å²) >= 11 is 0. The molecule has 1 aliphatic heterocycles. The minimum atomic E-state index is -0.389. The van der Waals surface area contributed by atoms with Gasteiger partial charge in [0.25, 0.3) is 0 Å². The van der Waals surface area contributed by atoms with E-state index in [9.17, 15) is 5.11 Å². The predicted molar refractivity (Wildman–Crippen MR) is 63.6 cm³/mol. The molecule has 0 saturated carbocycles. The van der Waals surface area contributed by atoms with Gasteiger partial charge in [-0.1, -0.05) is 0 Å². The number of rotatable bonds is 7. The van der Waals surface area contributed by atoms with E-state index in [1.807, 2.05) is 13.8 Å². The average Bonchev–Trinajstić information content (AvgIpc) is 2.63. The maximum absolute atomic E-state index is 9.84. The fourth-order valence-electron chi connectivity index (χ4n) is 2.14. The molecule has 16 heavy (non-hydrogen) atoms. The molecule has 96 valence electrons. The van der Waals surface area contributed by atoms with E-state index in [0.717, 1.165) is 13.2 Å². The third kappa shape index (κ3) is 4.78. The second-order valence-corrected chi connectivity index (χ2v) is 4.78. The molecule has 1 aliphatic rings. The first-order valence-corrected chi connectivity index (χ1v) is 6.16. The first-order valence-electron chi connectivity index (χ1n) is 6.16. The summed E-state index contributed by atoms with van der Waals surface area (Å²) in [6.07, 6.45) is 2.17. The molecule has 0 bridgehead atoms. The number of hydrogen-bond acceptors (Lipinski definition) is 4. The molecule has 1 rings (SSSR count). The van der Waals surface area contributed by atoms with Crippen molar-refractivity contribution in [3.63, 3.8) is 0 Å². The third-order valence-corrected chi connectivity index (χ3v) is 2.93. The Kier molecular flexibility index (Phi) is 6.28. The highest BCUT2D eigenvalue weighted by molar-refractivity contribution is 4.80. The summed E-state index contributed by atoms with van der Waals surface area (Å²) in [5.74, 6) is 0. The van der Waals surface area contributed by atoms with E-state index in [2.05, 4.69) is 4.90 Å². The van der Waals surface area contributed by atoms with Crippen LogP contribution in [0, 0.1) is 0 Å². The van der Waals surface area contributed by atoms with Crippen LogP contribution in [0.5, 0.6) is 0 Å². The van der Waals surface area contributed by atoms with Gasteiger partial charge in [0.1, 0.15) is 0 Å². The summed E-state index contributed by atoms with van der Waals surface area (Å²) in [4.78, 5) is 2.30. The Morgan fingerprint density at radius 2 is 2.19 bits per heavy atom. The third-order valence-electron chi connectivity index (χ3n) is 2.93. The zero-order chi connectivity index (χ0) is 12.0. The number of aliphatic hydroxyl groups excluding tert-OH is 1. The summed E-state index contributed by atoms with van der Waals surface area (Å²) < 4.78 is 10.6. The minimum absolute atomic E-state index is 0.183. The van der Waals surface area contributed by atoms with E-state index < -0.39 is 0 Å². The van der Waals surface area contributed by atoms with Crippen molar-refractivity contribution in [3.05, 3.63) is 0 Å². The van der Waals surface area contributed by atoms with Crippen LogP contribution in [0.15, 0.2) is 0 Å². The SMILES string of the molecule is COCC1CCCN1CC(O)COC(C)C. The summed E-state index contributed by atoms with van der Waals surface area (Å²) in [5.41, 5.74) is 0. The second kappa shape index (κ2) is 7.22. The van der Waals surface area contributed by atoms with Gasteiger partial charge in [0, 0.05) is 19.7 Å². The first-order chi connectivity index (χ1) is 7.63. The summed E-state index contributed by atoms with van der Waals surface area (Å²) in [6.45, 7) is 6.91. The van der Waals surface area contributed by atoms with E-state index in [1.165, 1.54) is 12.8 Å². The normalized spacial score (nSPS) is 24.2.